The van der Waals surface area contributed by atoms with Gasteiger partial charge in [0.1, 0.15) is 6.54 Å². The fourth-order valence-electron chi connectivity index (χ4n) is 4.48. The van der Waals surface area contributed by atoms with Crippen LogP contribution < -0.4 is 5.69 Å². The Kier molecular flexibility index (Phi) is 9.44. The summed E-state index contributed by atoms with van der Waals surface area (Å²) in [6, 6.07) is 11.1. The average molecular weight is 581 g/mol. The van der Waals surface area contributed by atoms with Crippen molar-refractivity contribution in [3.8, 4) is 11.4 Å². The predicted molar refractivity (Wildman–Crippen MR) is 140 cm³/mol. The van der Waals surface area contributed by atoms with Crippen molar-refractivity contribution < 1.29 is 32.2 Å². The molecule has 1 unspecified atom stereocenters. The quantitative estimate of drug-likeness (QED) is 0.363. The zero-order valence-electron chi connectivity index (χ0n) is 21.7. The molecular weight excluding hydrogens is 553 g/mol. The van der Waals surface area contributed by atoms with E-state index in [9.17, 15) is 27.6 Å². The van der Waals surface area contributed by atoms with Crippen molar-refractivity contribution in [2.75, 3.05) is 40.0 Å². The van der Waals surface area contributed by atoms with Crippen molar-refractivity contribution in [3.63, 3.8) is 0 Å². The van der Waals surface area contributed by atoms with E-state index < -0.39 is 48.0 Å². The summed E-state index contributed by atoms with van der Waals surface area (Å²) in [4.78, 5) is 41.3. The molecule has 0 spiro atoms. The van der Waals surface area contributed by atoms with Crippen molar-refractivity contribution >= 4 is 23.3 Å². The van der Waals surface area contributed by atoms with Crippen LogP contribution in [0.25, 0.3) is 11.4 Å². The number of amides is 1. The maximum atomic E-state index is 13.4. The third kappa shape index (κ3) is 6.98. The van der Waals surface area contributed by atoms with Gasteiger partial charge in [0, 0.05) is 37.2 Å². The molecule has 40 heavy (non-hydrogen) atoms. The molecule has 1 aliphatic heterocycles. The van der Waals surface area contributed by atoms with Crippen LogP contribution in [0.5, 0.6) is 0 Å². The monoisotopic (exact) mass is 580 g/mol. The number of benzene rings is 2. The van der Waals surface area contributed by atoms with Gasteiger partial charge in [-0.3, -0.25) is 14.2 Å². The summed E-state index contributed by atoms with van der Waals surface area (Å²) in [6.07, 6.45) is -5.03. The largest absolute Gasteiger partial charge is 0.416 e. The molecule has 2 aromatic carbocycles. The molecule has 0 N–H and O–H groups in total. The molecule has 1 saturated heterocycles. The number of carbonyl (C=O) groups is 2. The average Bonchev–Trinajstić information content (AvgIpc) is 3.25. The molecule has 1 fully saturated rings. The Bertz CT molecular complexity index is 1400. The van der Waals surface area contributed by atoms with Gasteiger partial charge in [0.15, 0.2) is 11.6 Å². The van der Waals surface area contributed by atoms with Gasteiger partial charge < -0.3 is 14.4 Å². The molecule has 9 nitrogen and oxygen atoms in total. The first-order chi connectivity index (χ1) is 19.1. The van der Waals surface area contributed by atoms with Crippen LogP contribution in [0, 0.1) is 0 Å². The van der Waals surface area contributed by atoms with E-state index in [1.807, 2.05) is 0 Å². The van der Waals surface area contributed by atoms with Crippen molar-refractivity contribution in [2.45, 2.75) is 31.6 Å². The minimum absolute atomic E-state index is 0.0690. The Morgan fingerprint density at radius 2 is 1.82 bits per heavy atom. The summed E-state index contributed by atoms with van der Waals surface area (Å²) in [6.45, 7) is 1.01. The molecule has 0 aliphatic carbocycles. The molecule has 0 saturated carbocycles. The van der Waals surface area contributed by atoms with Crippen molar-refractivity contribution in [2.24, 2.45) is 0 Å². The predicted octanol–water partition coefficient (Wildman–Crippen LogP) is 3.63. The smallest absolute Gasteiger partial charge is 0.383 e. The van der Waals surface area contributed by atoms with E-state index in [2.05, 4.69) is 5.10 Å². The second-order valence-corrected chi connectivity index (χ2v) is 9.71. The molecule has 0 bridgehead atoms. The van der Waals surface area contributed by atoms with E-state index in [1.54, 1.807) is 24.3 Å². The first-order valence-electron chi connectivity index (χ1n) is 12.6. The van der Waals surface area contributed by atoms with Crippen LogP contribution in [0.2, 0.25) is 5.02 Å². The molecule has 1 aromatic heterocycles. The van der Waals surface area contributed by atoms with Crippen LogP contribution in [0.4, 0.5) is 13.2 Å². The molecule has 2 heterocycles. The van der Waals surface area contributed by atoms with Gasteiger partial charge in [-0.2, -0.15) is 13.2 Å². The Balaban J connectivity index is 1.63. The van der Waals surface area contributed by atoms with E-state index in [4.69, 9.17) is 21.1 Å². The van der Waals surface area contributed by atoms with Gasteiger partial charge in [-0.1, -0.05) is 29.8 Å². The minimum atomic E-state index is -4.62. The standard InChI is InChI=1S/C27H28ClF3N4O5/c1-39-12-11-34-24(18-5-7-21(28)8-6-18)32-35(26(34)38)17-22(36)16-23(25(37)33-9-13-40-14-10-33)19-3-2-4-20(15-19)27(29,30)31/h2-8,15,23H,9-14,16-17H2,1H3. The van der Waals surface area contributed by atoms with Crippen LogP contribution in [0.15, 0.2) is 53.3 Å². The maximum Gasteiger partial charge on any atom is 0.416 e. The summed E-state index contributed by atoms with van der Waals surface area (Å²) in [5.74, 6) is -1.89. The van der Waals surface area contributed by atoms with Crippen molar-refractivity contribution in [3.05, 3.63) is 75.2 Å². The minimum Gasteiger partial charge on any atom is -0.383 e. The Labute approximate surface area is 233 Å². The lowest BCUT2D eigenvalue weighted by molar-refractivity contribution is -0.139. The molecule has 1 aliphatic rings. The van der Waals surface area contributed by atoms with E-state index in [1.165, 1.54) is 28.7 Å². The van der Waals surface area contributed by atoms with Crippen LogP contribution in [0.3, 0.4) is 0 Å². The highest BCUT2D eigenvalue weighted by molar-refractivity contribution is 6.30. The number of Topliss-reactive ketones (excluding diaryl/α,β-unsaturated/α-hetero) is 1. The van der Waals surface area contributed by atoms with Gasteiger partial charge in [-0.25, -0.2) is 9.48 Å². The number of halogens is 4. The van der Waals surface area contributed by atoms with Gasteiger partial charge in [0.2, 0.25) is 5.91 Å². The molecule has 0 radical (unpaired) electrons. The third-order valence-electron chi connectivity index (χ3n) is 6.54. The Hall–Kier alpha value is -3.48. The summed E-state index contributed by atoms with van der Waals surface area (Å²) in [5.41, 5.74) is -0.823. The second-order valence-electron chi connectivity index (χ2n) is 9.27. The number of hydrogen-bond donors (Lipinski definition) is 0. The summed E-state index contributed by atoms with van der Waals surface area (Å²) in [5, 5.41) is 4.85. The number of rotatable bonds is 10. The number of carbonyl (C=O) groups excluding carboxylic acids is 2. The number of nitrogens with zero attached hydrogens (tertiary/aromatic N) is 4. The highest BCUT2D eigenvalue weighted by Gasteiger charge is 2.34. The van der Waals surface area contributed by atoms with Gasteiger partial charge >= 0.3 is 11.9 Å². The highest BCUT2D eigenvalue weighted by Crippen LogP contribution is 2.33. The number of ketones is 1. The number of hydrogen-bond acceptors (Lipinski definition) is 6. The molecule has 13 heteroatoms. The van der Waals surface area contributed by atoms with E-state index >= 15 is 0 Å². The molecule has 3 aromatic rings. The Morgan fingerprint density at radius 3 is 2.48 bits per heavy atom. The molecule has 1 amide bonds. The van der Waals surface area contributed by atoms with Gasteiger partial charge in [-0.05, 0) is 35.9 Å². The number of alkyl halides is 3. The van der Waals surface area contributed by atoms with Crippen LogP contribution in [0.1, 0.15) is 23.5 Å². The fourth-order valence-corrected chi connectivity index (χ4v) is 4.61. The summed E-state index contributed by atoms with van der Waals surface area (Å²) < 4.78 is 53.0. The van der Waals surface area contributed by atoms with Crippen molar-refractivity contribution in [1.29, 1.82) is 0 Å². The fraction of sp³-hybridized carbons (Fsp3) is 0.407. The van der Waals surface area contributed by atoms with Gasteiger partial charge in [0.25, 0.3) is 0 Å². The number of aromatic nitrogens is 3. The second kappa shape index (κ2) is 12.8. The first-order valence-corrected chi connectivity index (χ1v) is 12.9. The van der Waals surface area contributed by atoms with E-state index in [-0.39, 0.29) is 45.0 Å². The lowest BCUT2D eigenvalue weighted by Crippen LogP contribution is -2.43. The SMILES string of the molecule is COCCn1c(-c2ccc(Cl)cc2)nn(CC(=O)CC(C(=O)N2CCOCC2)c2cccc(C(F)(F)F)c2)c1=O. The lowest BCUT2D eigenvalue weighted by atomic mass is 9.90. The number of ether oxygens (including phenoxy) is 2. The van der Waals surface area contributed by atoms with Gasteiger partial charge in [0.05, 0.1) is 37.8 Å². The molecule has 214 valence electrons. The lowest BCUT2D eigenvalue weighted by Gasteiger charge is -2.30. The Morgan fingerprint density at radius 1 is 1.12 bits per heavy atom. The highest BCUT2D eigenvalue weighted by atomic mass is 35.5. The van der Waals surface area contributed by atoms with Gasteiger partial charge in [-0.15, -0.1) is 5.10 Å². The molecular formula is C27H28ClF3N4O5. The van der Waals surface area contributed by atoms with E-state index in [0.717, 1.165) is 16.8 Å². The zero-order valence-corrected chi connectivity index (χ0v) is 22.5. The number of methoxy groups -OCH3 is 1. The van der Waals surface area contributed by atoms with Crippen LogP contribution in [-0.2, 0) is 38.3 Å². The number of morpholine rings is 1. The van der Waals surface area contributed by atoms with Crippen LogP contribution in [-0.4, -0.2) is 71.0 Å². The topological polar surface area (TPSA) is 95.7 Å². The van der Waals surface area contributed by atoms with Crippen LogP contribution >= 0.6 is 11.6 Å². The normalized spacial score (nSPS) is 14.8. The molecule has 4 rings (SSSR count). The van der Waals surface area contributed by atoms with Crippen molar-refractivity contribution in [1.82, 2.24) is 19.2 Å². The molecule has 1 atom stereocenters. The first kappa shape index (κ1) is 29.5. The summed E-state index contributed by atoms with van der Waals surface area (Å²) >= 11 is 5.98. The summed E-state index contributed by atoms with van der Waals surface area (Å²) in [7, 11) is 1.49. The van der Waals surface area contributed by atoms with E-state index in [0.29, 0.717) is 16.4 Å². The maximum absolute atomic E-state index is 13.4. The third-order valence-corrected chi connectivity index (χ3v) is 6.79. The zero-order chi connectivity index (χ0) is 28.9.